The molecule has 1 fully saturated rings. The number of imidazole rings is 1. The minimum Gasteiger partial charge on any atom is -0.457 e. The fourth-order valence-electron chi connectivity index (χ4n) is 5.89. The van der Waals surface area contributed by atoms with Gasteiger partial charge in [0, 0.05) is 43.4 Å². The number of hydrogen-bond acceptors (Lipinski definition) is 7. The lowest BCUT2D eigenvalue weighted by molar-refractivity contribution is -0.127. The third-order valence-electron chi connectivity index (χ3n) is 8.09. The van der Waals surface area contributed by atoms with E-state index in [0.717, 1.165) is 29.6 Å². The van der Waals surface area contributed by atoms with Crippen molar-refractivity contribution in [3.05, 3.63) is 84.8 Å². The second-order valence-electron chi connectivity index (χ2n) is 11.9. The van der Waals surface area contributed by atoms with E-state index < -0.39 is 5.82 Å². The Bertz CT molecular complexity index is 1870. The third kappa shape index (κ3) is 5.64. The van der Waals surface area contributed by atoms with Crippen LogP contribution in [0.15, 0.2) is 67.8 Å². The summed E-state index contributed by atoms with van der Waals surface area (Å²) >= 11 is 0. The van der Waals surface area contributed by atoms with Crippen molar-refractivity contribution in [1.29, 1.82) is 0 Å². The fraction of sp³-hybridized carbons (Fsp3) is 0.303. The number of ether oxygens (including phenoxy) is 1. The molecule has 1 unspecified atom stereocenters. The molecule has 1 saturated heterocycles. The van der Waals surface area contributed by atoms with Gasteiger partial charge >= 0.3 is 0 Å². The van der Waals surface area contributed by atoms with E-state index in [1.54, 1.807) is 25.4 Å². The molecule has 1 atom stereocenters. The van der Waals surface area contributed by atoms with Crippen molar-refractivity contribution in [2.45, 2.75) is 39.5 Å². The maximum atomic E-state index is 15.7. The average molecular weight is 580 g/mol. The molecule has 43 heavy (non-hydrogen) atoms. The highest BCUT2D eigenvalue weighted by atomic mass is 19.1. The molecular weight excluding hydrogens is 545 g/mol. The molecule has 3 aromatic heterocycles. The Morgan fingerprint density at radius 2 is 1.98 bits per heavy atom. The van der Waals surface area contributed by atoms with Crippen LogP contribution in [0.1, 0.15) is 43.9 Å². The molecule has 0 bridgehead atoms. The van der Waals surface area contributed by atoms with E-state index >= 15 is 4.39 Å². The highest BCUT2D eigenvalue weighted by Gasteiger charge is 2.33. The maximum Gasteiger partial charge on any atom is 0.245 e. The van der Waals surface area contributed by atoms with Crippen LogP contribution >= 0.6 is 0 Å². The molecule has 10 heteroatoms. The number of hydrogen-bond donors (Lipinski definition) is 1. The van der Waals surface area contributed by atoms with Crippen LogP contribution in [0.3, 0.4) is 0 Å². The van der Waals surface area contributed by atoms with E-state index in [0.29, 0.717) is 47.0 Å². The van der Waals surface area contributed by atoms with Crippen molar-refractivity contribution in [1.82, 2.24) is 29.4 Å². The van der Waals surface area contributed by atoms with Gasteiger partial charge in [0.25, 0.3) is 0 Å². The number of anilines is 2. The lowest BCUT2D eigenvalue weighted by Crippen LogP contribution is -2.36. The SMILES string of the molecule is C=CC(=O)N1CCC(c2ccc3ncnc(Nc4ccc(Oc5ccc6c(c5)ncn6C)c(C)c4F)c3n2)CC(C)(C)C1. The summed E-state index contributed by atoms with van der Waals surface area (Å²) in [5, 5.41) is 3.14. The number of amides is 1. The van der Waals surface area contributed by atoms with E-state index in [1.807, 2.05) is 46.8 Å². The predicted molar refractivity (Wildman–Crippen MR) is 165 cm³/mol. The Morgan fingerprint density at radius 3 is 2.79 bits per heavy atom. The Morgan fingerprint density at radius 1 is 1.14 bits per heavy atom. The predicted octanol–water partition coefficient (Wildman–Crippen LogP) is 6.81. The standard InChI is InChI=1S/C33H34FN7O2/c1-6-29(42)41-14-13-21(16-33(3,4)17-41)23-8-9-25-31(38-23)32(36-18-35-25)39-24-10-12-28(20(2)30(24)34)43-22-7-11-27-26(15-22)37-19-40(27)5/h6-12,15,18-19,21H,1,13-14,16-17H2,2-5H3,(H,35,36,39). The zero-order valence-corrected chi connectivity index (χ0v) is 24.8. The lowest BCUT2D eigenvalue weighted by Gasteiger charge is -2.29. The van der Waals surface area contributed by atoms with E-state index in [4.69, 9.17) is 9.72 Å². The number of benzene rings is 2. The smallest absolute Gasteiger partial charge is 0.245 e. The Balaban J connectivity index is 1.27. The number of nitrogens with one attached hydrogen (secondary N) is 1. The molecule has 0 aliphatic carbocycles. The number of aromatic nitrogens is 5. The Labute approximate surface area is 249 Å². The van der Waals surface area contributed by atoms with Crippen LogP contribution < -0.4 is 10.1 Å². The summed E-state index contributed by atoms with van der Waals surface area (Å²) in [6, 6.07) is 12.9. The van der Waals surface area contributed by atoms with Crippen molar-refractivity contribution in [2.24, 2.45) is 12.5 Å². The number of pyridine rings is 1. The van der Waals surface area contributed by atoms with Crippen LogP contribution in [-0.4, -0.2) is 48.4 Å². The topological polar surface area (TPSA) is 98.1 Å². The third-order valence-corrected chi connectivity index (χ3v) is 8.09. The van der Waals surface area contributed by atoms with Gasteiger partial charge in [0.05, 0.1) is 28.6 Å². The first-order chi connectivity index (χ1) is 20.6. The van der Waals surface area contributed by atoms with Crippen LogP contribution in [0.4, 0.5) is 15.9 Å². The van der Waals surface area contributed by atoms with E-state index in [2.05, 4.69) is 40.7 Å². The van der Waals surface area contributed by atoms with Gasteiger partial charge in [-0.05, 0) is 67.7 Å². The maximum absolute atomic E-state index is 15.7. The lowest BCUT2D eigenvalue weighted by atomic mass is 9.81. The first-order valence-corrected chi connectivity index (χ1v) is 14.3. The molecule has 1 amide bonds. The summed E-state index contributed by atoms with van der Waals surface area (Å²) in [4.78, 5) is 32.4. The number of fused-ring (bicyclic) bond motifs is 2. The van der Waals surface area contributed by atoms with Gasteiger partial charge in [0.1, 0.15) is 23.3 Å². The van der Waals surface area contributed by atoms with Gasteiger partial charge in [0.2, 0.25) is 5.91 Å². The Hall–Kier alpha value is -4.86. The van der Waals surface area contributed by atoms with Gasteiger partial charge < -0.3 is 19.5 Å². The second-order valence-corrected chi connectivity index (χ2v) is 11.9. The van der Waals surface area contributed by atoms with Gasteiger partial charge in [-0.15, -0.1) is 0 Å². The molecule has 220 valence electrons. The normalized spacial score (nSPS) is 16.7. The summed E-state index contributed by atoms with van der Waals surface area (Å²) in [7, 11) is 1.93. The largest absolute Gasteiger partial charge is 0.457 e. The number of likely N-dealkylation sites (tertiary alicyclic amines) is 1. The van der Waals surface area contributed by atoms with Crippen LogP contribution in [0, 0.1) is 18.2 Å². The van der Waals surface area contributed by atoms with E-state index in [9.17, 15) is 4.79 Å². The van der Waals surface area contributed by atoms with E-state index in [-0.39, 0.29) is 22.9 Å². The van der Waals surface area contributed by atoms with Gasteiger partial charge in [-0.1, -0.05) is 20.4 Å². The van der Waals surface area contributed by atoms with Crippen molar-refractivity contribution >= 4 is 39.5 Å². The summed E-state index contributed by atoms with van der Waals surface area (Å²) in [5.74, 6) is 1.03. The van der Waals surface area contributed by atoms with Gasteiger partial charge in [0.15, 0.2) is 11.6 Å². The summed E-state index contributed by atoms with van der Waals surface area (Å²) < 4.78 is 23.6. The first kappa shape index (κ1) is 28.3. The first-order valence-electron chi connectivity index (χ1n) is 14.3. The number of nitrogens with zero attached hydrogens (tertiary/aromatic N) is 6. The quantitative estimate of drug-likeness (QED) is 0.221. The summed E-state index contributed by atoms with van der Waals surface area (Å²) in [6.07, 6.45) is 6.20. The molecule has 6 rings (SSSR count). The van der Waals surface area contributed by atoms with Crippen LogP contribution in [0.2, 0.25) is 0 Å². The molecule has 2 aromatic carbocycles. The minimum absolute atomic E-state index is 0.0527. The molecule has 1 aliphatic heterocycles. The summed E-state index contributed by atoms with van der Waals surface area (Å²) in [5.41, 5.74) is 4.41. The number of rotatable bonds is 6. The van der Waals surface area contributed by atoms with Gasteiger partial charge in [-0.25, -0.2) is 24.3 Å². The van der Waals surface area contributed by atoms with Gasteiger partial charge in [-0.2, -0.15) is 0 Å². The molecule has 5 aromatic rings. The van der Waals surface area contributed by atoms with Crippen molar-refractivity contribution in [2.75, 3.05) is 18.4 Å². The fourth-order valence-corrected chi connectivity index (χ4v) is 5.89. The number of halogens is 1. The van der Waals surface area contributed by atoms with Crippen molar-refractivity contribution in [3.8, 4) is 11.5 Å². The monoisotopic (exact) mass is 579 g/mol. The zero-order chi connectivity index (χ0) is 30.3. The Kier molecular flexibility index (Phi) is 7.29. The molecule has 9 nitrogen and oxygen atoms in total. The molecule has 0 spiro atoms. The van der Waals surface area contributed by atoms with Gasteiger partial charge in [-0.3, -0.25) is 4.79 Å². The van der Waals surface area contributed by atoms with Crippen LogP contribution in [0.25, 0.3) is 22.1 Å². The van der Waals surface area contributed by atoms with Crippen LogP contribution in [0.5, 0.6) is 11.5 Å². The highest BCUT2D eigenvalue weighted by Crippen LogP contribution is 2.38. The molecule has 1 aliphatic rings. The van der Waals surface area contributed by atoms with E-state index in [1.165, 1.54) is 12.4 Å². The number of carbonyl (C=O) groups excluding carboxylic acids is 1. The zero-order valence-electron chi connectivity index (χ0n) is 24.8. The summed E-state index contributed by atoms with van der Waals surface area (Å²) in [6.45, 7) is 11.0. The molecule has 0 radical (unpaired) electrons. The van der Waals surface area contributed by atoms with Crippen molar-refractivity contribution in [3.63, 3.8) is 0 Å². The molecular formula is C33H34FN7O2. The molecule has 0 saturated carbocycles. The molecule has 4 heterocycles. The highest BCUT2D eigenvalue weighted by molar-refractivity contribution is 5.88. The number of aryl methyl sites for hydroxylation is 1. The molecule has 1 N–H and O–H groups in total. The minimum atomic E-state index is -0.447. The number of carbonyl (C=O) groups is 1. The van der Waals surface area contributed by atoms with Crippen molar-refractivity contribution < 1.29 is 13.9 Å². The second kappa shape index (κ2) is 11.1. The average Bonchev–Trinajstić information content (AvgIpc) is 3.27. The van der Waals surface area contributed by atoms with Crippen LogP contribution in [-0.2, 0) is 11.8 Å².